The highest BCUT2D eigenvalue weighted by Gasteiger charge is 2.35. The average molecular weight is 210 g/mol. The number of carbonyl (C=O) groups is 1. The molecule has 15 heavy (non-hydrogen) atoms. The van der Waals surface area contributed by atoms with Gasteiger partial charge in [-0.05, 0) is 6.54 Å². The van der Waals surface area contributed by atoms with Crippen molar-refractivity contribution in [3.05, 3.63) is 0 Å². The zero-order valence-corrected chi connectivity index (χ0v) is 9.38. The van der Waals surface area contributed by atoms with E-state index in [9.17, 15) is 4.79 Å². The van der Waals surface area contributed by atoms with Crippen LogP contribution in [0, 0.1) is 12.3 Å². The van der Waals surface area contributed by atoms with Gasteiger partial charge in [0.2, 0.25) is 0 Å². The second-order valence-electron chi connectivity index (χ2n) is 3.71. The molecular formula is C11H18N2O2. The summed E-state index contributed by atoms with van der Waals surface area (Å²) in [5.41, 5.74) is -0.703. The number of piperidine rings is 1. The average Bonchev–Trinajstić information content (AvgIpc) is 2.30. The SMILES string of the molecule is C#CC1(OC(=O)NC)CCN(CC)CC1. The van der Waals surface area contributed by atoms with Gasteiger partial charge in [0.25, 0.3) is 0 Å². The number of hydrogen-bond donors (Lipinski definition) is 1. The predicted octanol–water partition coefficient (Wildman–Crippen LogP) is 0.830. The van der Waals surface area contributed by atoms with Crippen LogP contribution < -0.4 is 5.32 Å². The zero-order valence-electron chi connectivity index (χ0n) is 9.38. The lowest BCUT2D eigenvalue weighted by molar-refractivity contribution is 0.00737. The predicted molar refractivity (Wildman–Crippen MR) is 58.5 cm³/mol. The van der Waals surface area contributed by atoms with Gasteiger partial charge < -0.3 is 15.0 Å². The molecule has 1 fully saturated rings. The van der Waals surface area contributed by atoms with E-state index in [1.54, 1.807) is 0 Å². The van der Waals surface area contributed by atoms with Crippen LogP contribution in [0.1, 0.15) is 19.8 Å². The summed E-state index contributed by atoms with van der Waals surface area (Å²) >= 11 is 0. The van der Waals surface area contributed by atoms with Crippen LogP contribution in [-0.2, 0) is 4.74 Å². The van der Waals surface area contributed by atoms with Crippen LogP contribution in [0.25, 0.3) is 0 Å². The van der Waals surface area contributed by atoms with E-state index in [0.717, 1.165) is 19.6 Å². The molecule has 0 radical (unpaired) electrons. The third-order valence-electron chi connectivity index (χ3n) is 2.87. The van der Waals surface area contributed by atoms with Crippen molar-refractivity contribution in [2.45, 2.75) is 25.4 Å². The molecule has 1 saturated heterocycles. The van der Waals surface area contributed by atoms with Crippen molar-refractivity contribution in [3.8, 4) is 12.3 Å². The molecule has 1 aliphatic heterocycles. The van der Waals surface area contributed by atoms with E-state index in [1.807, 2.05) is 0 Å². The molecular weight excluding hydrogens is 192 g/mol. The summed E-state index contributed by atoms with van der Waals surface area (Å²) in [7, 11) is 1.54. The van der Waals surface area contributed by atoms with Crippen LogP contribution in [0.2, 0.25) is 0 Å². The second-order valence-corrected chi connectivity index (χ2v) is 3.71. The molecule has 84 valence electrons. The number of amides is 1. The minimum atomic E-state index is -0.703. The van der Waals surface area contributed by atoms with Crippen LogP contribution >= 0.6 is 0 Å². The number of ether oxygens (including phenoxy) is 1. The van der Waals surface area contributed by atoms with Gasteiger partial charge in [0.15, 0.2) is 5.60 Å². The molecule has 1 N–H and O–H groups in total. The van der Waals surface area contributed by atoms with Crippen LogP contribution in [-0.4, -0.2) is 43.3 Å². The van der Waals surface area contributed by atoms with Gasteiger partial charge in [0.1, 0.15) is 0 Å². The van der Waals surface area contributed by atoms with Gasteiger partial charge in [-0.15, -0.1) is 6.42 Å². The molecule has 0 atom stereocenters. The van der Waals surface area contributed by atoms with Crippen molar-refractivity contribution in [2.75, 3.05) is 26.7 Å². The highest BCUT2D eigenvalue weighted by atomic mass is 16.6. The van der Waals surface area contributed by atoms with E-state index in [1.165, 1.54) is 7.05 Å². The first kappa shape index (κ1) is 11.9. The van der Waals surface area contributed by atoms with E-state index in [2.05, 4.69) is 23.1 Å². The van der Waals surface area contributed by atoms with Crippen LogP contribution in [0.3, 0.4) is 0 Å². The lowest BCUT2D eigenvalue weighted by Crippen LogP contribution is -2.47. The van der Waals surface area contributed by atoms with Crippen LogP contribution in [0.15, 0.2) is 0 Å². The van der Waals surface area contributed by atoms with Gasteiger partial charge >= 0.3 is 6.09 Å². The number of terminal acetylenes is 1. The lowest BCUT2D eigenvalue weighted by atomic mass is 9.92. The first-order valence-electron chi connectivity index (χ1n) is 5.26. The molecule has 1 rings (SSSR count). The number of alkyl carbamates (subject to hydrolysis) is 1. The van der Waals surface area contributed by atoms with Crippen LogP contribution in [0.4, 0.5) is 4.79 Å². The minimum Gasteiger partial charge on any atom is -0.430 e. The van der Waals surface area contributed by atoms with E-state index in [0.29, 0.717) is 12.8 Å². The maximum atomic E-state index is 11.2. The maximum Gasteiger partial charge on any atom is 0.408 e. The molecule has 1 heterocycles. The summed E-state index contributed by atoms with van der Waals surface area (Å²) < 4.78 is 5.26. The largest absolute Gasteiger partial charge is 0.430 e. The maximum absolute atomic E-state index is 11.2. The molecule has 0 spiro atoms. The van der Waals surface area contributed by atoms with Gasteiger partial charge in [-0.3, -0.25) is 0 Å². The third-order valence-corrected chi connectivity index (χ3v) is 2.87. The van der Waals surface area contributed by atoms with Crippen LogP contribution in [0.5, 0.6) is 0 Å². The first-order chi connectivity index (χ1) is 7.15. The fourth-order valence-corrected chi connectivity index (χ4v) is 1.73. The number of rotatable bonds is 2. The molecule has 0 aliphatic carbocycles. The molecule has 0 bridgehead atoms. The van der Waals surface area contributed by atoms with E-state index >= 15 is 0 Å². The summed E-state index contributed by atoms with van der Waals surface area (Å²) in [4.78, 5) is 13.4. The van der Waals surface area contributed by atoms with Gasteiger partial charge in [0.05, 0.1) is 0 Å². The van der Waals surface area contributed by atoms with E-state index in [-0.39, 0.29) is 0 Å². The fourth-order valence-electron chi connectivity index (χ4n) is 1.73. The Morgan fingerprint density at radius 1 is 1.60 bits per heavy atom. The Morgan fingerprint density at radius 2 is 2.20 bits per heavy atom. The van der Waals surface area contributed by atoms with Crippen molar-refractivity contribution in [2.24, 2.45) is 0 Å². The van der Waals surface area contributed by atoms with Crippen molar-refractivity contribution in [1.29, 1.82) is 0 Å². The Bertz CT molecular complexity index is 262. The Balaban J connectivity index is 2.57. The fraction of sp³-hybridized carbons (Fsp3) is 0.727. The minimum absolute atomic E-state index is 0.446. The first-order valence-corrected chi connectivity index (χ1v) is 5.26. The van der Waals surface area contributed by atoms with Gasteiger partial charge in [-0.1, -0.05) is 12.8 Å². The topological polar surface area (TPSA) is 41.6 Å². The smallest absolute Gasteiger partial charge is 0.408 e. The summed E-state index contributed by atoms with van der Waals surface area (Å²) in [6, 6.07) is 0. The normalized spacial score (nSPS) is 20.3. The summed E-state index contributed by atoms with van der Waals surface area (Å²) in [5.74, 6) is 2.62. The summed E-state index contributed by atoms with van der Waals surface area (Å²) in [5, 5.41) is 2.43. The monoisotopic (exact) mass is 210 g/mol. The number of nitrogens with one attached hydrogen (secondary N) is 1. The molecule has 1 aliphatic rings. The molecule has 4 nitrogen and oxygen atoms in total. The molecule has 0 aromatic heterocycles. The molecule has 0 saturated carbocycles. The molecule has 0 aromatic carbocycles. The van der Waals surface area contributed by atoms with Crippen molar-refractivity contribution >= 4 is 6.09 Å². The van der Waals surface area contributed by atoms with Gasteiger partial charge in [-0.25, -0.2) is 4.79 Å². The summed E-state index contributed by atoms with van der Waals surface area (Å²) in [6.45, 7) is 4.90. The number of carbonyl (C=O) groups excluding carboxylic acids is 1. The zero-order chi connectivity index (χ0) is 11.3. The molecule has 1 amide bonds. The highest BCUT2D eigenvalue weighted by molar-refractivity contribution is 5.67. The van der Waals surface area contributed by atoms with Crippen molar-refractivity contribution in [1.82, 2.24) is 10.2 Å². The highest BCUT2D eigenvalue weighted by Crippen LogP contribution is 2.25. The van der Waals surface area contributed by atoms with Gasteiger partial charge in [0, 0.05) is 33.0 Å². The molecule has 0 unspecified atom stereocenters. The van der Waals surface area contributed by atoms with Crippen molar-refractivity contribution in [3.63, 3.8) is 0 Å². The summed E-state index contributed by atoms with van der Waals surface area (Å²) in [6.07, 6.45) is 6.43. The second kappa shape index (κ2) is 5.04. The Morgan fingerprint density at radius 3 is 2.60 bits per heavy atom. The quantitative estimate of drug-likeness (QED) is 0.686. The molecule has 0 aromatic rings. The molecule has 4 heteroatoms. The Kier molecular flexibility index (Phi) is 3.98. The van der Waals surface area contributed by atoms with E-state index < -0.39 is 11.7 Å². The van der Waals surface area contributed by atoms with Crippen molar-refractivity contribution < 1.29 is 9.53 Å². The third kappa shape index (κ3) is 2.87. The number of hydrogen-bond acceptors (Lipinski definition) is 3. The van der Waals surface area contributed by atoms with Gasteiger partial charge in [-0.2, -0.15) is 0 Å². The number of nitrogens with zero attached hydrogens (tertiary/aromatic N) is 1. The lowest BCUT2D eigenvalue weighted by Gasteiger charge is -2.37. The Labute approximate surface area is 91.0 Å². The van der Waals surface area contributed by atoms with E-state index in [4.69, 9.17) is 11.2 Å². The Hall–Kier alpha value is -1.21. The number of likely N-dealkylation sites (tertiary alicyclic amines) is 1. The standard InChI is InChI=1S/C11H18N2O2/c1-4-11(15-10(14)12-3)6-8-13(5-2)9-7-11/h1H,5-9H2,2-3H3,(H,12,14).